The van der Waals surface area contributed by atoms with Gasteiger partial charge in [-0.2, -0.15) is 0 Å². The van der Waals surface area contributed by atoms with Crippen molar-refractivity contribution < 1.29 is 9.53 Å². The molecule has 1 aliphatic rings. The van der Waals surface area contributed by atoms with E-state index in [2.05, 4.69) is 32.3 Å². The first-order chi connectivity index (χ1) is 11.6. The Hall–Kier alpha value is -1.43. The number of nitrogens with zero attached hydrogens (tertiary/aromatic N) is 1. The highest BCUT2D eigenvalue weighted by Gasteiger charge is 2.35. The molecule has 0 saturated carbocycles. The quantitative estimate of drug-likeness (QED) is 0.831. The molecule has 1 aromatic carbocycles. The Labute approximate surface area is 154 Å². The van der Waals surface area contributed by atoms with Gasteiger partial charge in [0.25, 0.3) is 5.91 Å². The van der Waals surface area contributed by atoms with Gasteiger partial charge in [-0.1, -0.05) is 23.7 Å². The Morgan fingerprint density at radius 3 is 2.79 bits per heavy atom. The van der Waals surface area contributed by atoms with Crippen molar-refractivity contribution in [3.63, 3.8) is 0 Å². The van der Waals surface area contributed by atoms with Gasteiger partial charge in [0.05, 0.1) is 5.56 Å². The van der Waals surface area contributed by atoms with Crippen LogP contribution in [0.5, 0.6) is 0 Å². The molecule has 126 valence electrons. The van der Waals surface area contributed by atoms with Crippen LogP contribution in [0.2, 0.25) is 5.02 Å². The molecule has 1 fully saturated rings. The molecule has 1 saturated heterocycles. The van der Waals surface area contributed by atoms with Gasteiger partial charge in [0.2, 0.25) is 0 Å². The zero-order valence-electron chi connectivity index (χ0n) is 13.1. The summed E-state index contributed by atoms with van der Waals surface area (Å²) in [7, 11) is 0. The minimum Gasteiger partial charge on any atom is -0.381 e. The van der Waals surface area contributed by atoms with Crippen molar-refractivity contribution in [2.24, 2.45) is 0 Å². The van der Waals surface area contributed by atoms with Gasteiger partial charge in [-0.25, -0.2) is 0 Å². The fourth-order valence-corrected chi connectivity index (χ4v) is 3.59. The predicted octanol–water partition coefficient (Wildman–Crippen LogP) is 3.98. The molecule has 6 heteroatoms. The van der Waals surface area contributed by atoms with Crippen LogP contribution in [-0.2, 0) is 10.2 Å². The Bertz CT molecular complexity index is 732. The normalized spacial score (nSPS) is 16.6. The topological polar surface area (TPSA) is 51.2 Å². The fourth-order valence-electron chi connectivity index (χ4n) is 3.04. The lowest BCUT2D eigenvalue weighted by Gasteiger charge is -2.38. The molecular formula is C18H18BrClN2O2. The summed E-state index contributed by atoms with van der Waals surface area (Å²) >= 11 is 9.51. The SMILES string of the molecule is O=C(NCC1(c2cccc(Cl)c2)CCOCC1)c1cncc(Br)c1. The standard InChI is InChI=1S/C18H18BrClN2O2/c19-15-8-13(10-21-11-15)17(23)22-12-18(4-6-24-7-5-18)14-2-1-3-16(20)9-14/h1-3,8-11H,4-7,12H2,(H,22,23). The molecule has 2 aromatic rings. The number of amides is 1. The number of rotatable bonds is 4. The Balaban J connectivity index is 1.79. The molecule has 2 heterocycles. The van der Waals surface area contributed by atoms with Gasteiger partial charge in [-0.3, -0.25) is 9.78 Å². The molecule has 0 spiro atoms. The monoisotopic (exact) mass is 408 g/mol. The second-order valence-corrected chi connectivity index (χ2v) is 7.33. The molecule has 3 rings (SSSR count). The fraction of sp³-hybridized carbons (Fsp3) is 0.333. The number of hydrogen-bond donors (Lipinski definition) is 1. The summed E-state index contributed by atoms with van der Waals surface area (Å²) in [6.45, 7) is 1.91. The van der Waals surface area contributed by atoms with Crippen molar-refractivity contribution in [1.29, 1.82) is 0 Å². The van der Waals surface area contributed by atoms with Crippen LogP contribution in [0.15, 0.2) is 47.2 Å². The van der Waals surface area contributed by atoms with E-state index in [-0.39, 0.29) is 11.3 Å². The van der Waals surface area contributed by atoms with Crippen molar-refractivity contribution in [2.75, 3.05) is 19.8 Å². The van der Waals surface area contributed by atoms with E-state index in [0.29, 0.717) is 30.3 Å². The van der Waals surface area contributed by atoms with Gasteiger partial charge < -0.3 is 10.1 Å². The van der Waals surface area contributed by atoms with E-state index in [1.54, 1.807) is 18.5 Å². The summed E-state index contributed by atoms with van der Waals surface area (Å²) < 4.78 is 6.30. The Morgan fingerprint density at radius 1 is 1.29 bits per heavy atom. The molecule has 1 aromatic heterocycles. The van der Waals surface area contributed by atoms with Crippen LogP contribution >= 0.6 is 27.5 Å². The van der Waals surface area contributed by atoms with E-state index in [4.69, 9.17) is 16.3 Å². The molecule has 24 heavy (non-hydrogen) atoms. The summed E-state index contributed by atoms with van der Waals surface area (Å²) in [6.07, 6.45) is 4.92. The highest BCUT2D eigenvalue weighted by molar-refractivity contribution is 9.10. The molecule has 0 radical (unpaired) electrons. The molecule has 0 atom stereocenters. The van der Waals surface area contributed by atoms with Gasteiger partial charge in [0.15, 0.2) is 0 Å². The molecule has 1 N–H and O–H groups in total. The maximum Gasteiger partial charge on any atom is 0.252 e. The maximum absolute atomic E-state index is 12.5. The molecule has 1 aliphatic heterocycles. The summed E-state index contributed by atoms with van der Waals surface area (Å²) in [5, 5.41) is 3.77. The lowest BCUT2D eigenvalue weighted by molar-refractivity contribution is 0.0487. The lowest BCUT2D eigenvalue weighted by atomic mass is 9.74. The molecule has 0 unspecified atom stereocenters. The third-order valence-electron chi connectivity index (χ3n) is 4.44. The molecular weight excluding hydrogens is 392 g/mol. The summed E-state index contributed by atoms with van der Waals surface area (Å²) in [5.74, 6) is -0.128. The number of halogens is 2. The number of pyridine rings is 1. The average Bonchev–Trinajstić information content (AvgIpc) is 2.60. The van der Waals surface area contributed by atoms with Gasteiger partial charge in [0, 0.05) is 47.1 Å². The number of carbonyl (C=O) groups is 1. The van der Waals surface area contributed by atoms with Crippen molar-refractivity contribution >= 4 is 33.4 Å². The number of nitrogens with one attached hydrogen (secondary N) is 1. The summed E-state index contributed by atoms with van der Waals surface area (Å²) in [6, 6.07) is 9.64. The lowest BCUT2D eigenvalue weighted by Crippen LogP contribution is -2.44. The van der Waals surface area contributed by atoms with Crippen LogP contribution in [0.25, 0.3) is 0 Å². The van der Waals surface area contributed by atoms with Crippen molar-refractivity contribution in [3.8, 4) is 0 Å². The average molecular weight is 410 g/mol. The van der Waals surface area contributed by atoms with Crippen molar-refractivity contribution in [2.45, 2.75) is 18.3 Å². The first-order valence-corrected chi connectivity index (χ1v) is 8.99. The first kappa shape index (κ1) is 17.4. The third kappa shape index (κ3) is 3.97. The number of benzene rings is 1. The van der Waals surface area contributed by atoms with E-state index in [1.807, 2.05) is 18.2 Å². The molecule has 1 amide bonds. The zero-order valence-corrected chi connectivity index (χ0v) is 15.4. The highest BCUT2D eigenvalue weighted by Crippen LogP contribution is 2.35. The first-order valence-electron chi connectivity index (χ1n) is 7.82. The van der Waals surface area contributed by atoms with E-state index in [1.165, 1.54) is 0 Å². The van der Waals surface area contributed by atoms with Gasteiger partial charge in [0.1, 0.15) is 0 Å². The highest BCUT2D eigenvalue weighted by atomic mass is 79.9. The predicted molar refractivity (Wildman–Crippen MR) is 97.5 cm³/mol. The van der Waals surface area contributed by atoms with Crippen molar-refractivity contribution in [3.05, 3.63) is 63.3 Å². The number of aromatic nitrogens is 1. The van der Waals surface area contributed by atoms with Crippen LogP contribution in [0.3, 0.4) is 0 Å². The van der Waals surface area contributed by atoms with Crippen LogP contribution in [0.1, 0.15) is 28.8 Å². The number of carbonyl (C=O) groups excluding carboxylic acids is 1. The largest absolute Gasteiger partial charge is 0.381 e. The van der Waals surface area contributed by atoms with Crippen LogP contribution in [0.4, 0.5) is 0 Å². The smallest absolute Gasteiger partial charge is 0.252 e. The third-order valence-corrected chi connectivity index (χ3v) is 5.11. The van der Waals surface area contributed by atoms with E-state index in [9.17, 15) is 4.79 Å². The molecule has 4 nitrogen and oxygen atoms in total. The van der Waals surface area contributed by atoms with Crippen molar-refractivity contribution in [1.82, 2.24) is 10.3 Å². The van der Waals surface area contributed by atoms with E-state index < -0.39 is 0 Å². The van der Waals surface area contributed by atoms with Crippen LogP contribution < -0.4 is 5.32 Å². The van der Waals surface area contributed by atoms with Gasteiger partial charge >= 0.3 is 0 Å². The molecule has 0 bridgehead atoms. The minimum absolute atomic E-state index is 0.128. The number of ether oxygens (including phenoxy) is 1. The Morgan fingerprint density at radius 2 is 2.08 bits per heavy atom. The minimum atomic E-state index is -0.155. The second-order valence-electron chi connectivity index (χ2n) is 5.98. The maximum atomic E-state index is 12.5. The number of hydrogen-bond acceptors (Lipinski definition) is 3. The second kappa shape index (κ2) is 7.64. The molecule has 0 aliphatic carbocycles. The van der Waals surface area contributed by atoms with E-state index in [0.717, 1.165) is 22.9 Å². The van der Waals surface area contributed by atoms with Crippen LogP contribution in [0, 0.1) is 0 Å². The van der Waals surface area contributed by atoms with Gasteiger partial charge in [-0.05, 0) is 52.5 Å². The van der Waals surface area contributed by atoms with Crippen LogP contribution in [-0.4, -0.2) is 30.6 Å². The summed E-state index contributed by atoms with van der Waals surface area (Å²) in [4.78, 5) is 16.5. The van der Waals surface area contributed by atoms with Gasteiger partial charge in [-0.15, -0.1) is 0 Å². The summed E-state index contributed by atoms with van der Waals surface area (Å²) in [5.41, 5.74) is 1.53. The zero-order chi connectivity index (χ0) is 17.0. The van der Waals surface area contributed by atoms with E-state index >= 15 is 0 Å². The Kier molecular flexibility index (Phi) is 5.54.